The summed E-state index contributed by atoms with van der Waals surface area (Å²) in [7, 11) is 0. The summed E-state index contributed by atoms with van der Waals surface area (Å²) in [5, 5.41) is 13.1. The maximum atomic E-state index is 13.3. The van der Waals surface area contributed by atoms with Gasteiger partial charge in [0.2, 0.25) is 0 Å². The molecule has 4 amide bonds. The van der Waals surface area contributed by atoms with Gasteiger partial charge in [0.15, 0.2) is 0 Å². The van der Waals surface area contributed by atoms with Gasteiger partial charge in [0.05, 0.1) is 10.6 Å². The number of nitro groups is 1. The molecule has 9 heteroatoms. The monoisotopic (exact) mass is 471 g/mol. The zero-order valence-corrected chi connectivity index (χ0v) is 19.0. The van der Waals surface area contributed by atoms with E-state index in [-0.39, 0.29) is 17.9 Å². The highest BCUT2D eigenvalue weighted by molar-refractivity contribution is 6.39. The Kier molecular flexibility index (Phi) is 6.41. The lowest BCUT2D eigenvalue weighted by Crippen LogP contribution is -2.54. The van der Waals surface area contributed by atoms with E-state index in [1.54, 1.807) is 55.5 Å². The number of nitrogens with one attached hydrogen (secondary N) is 1. The summed E-state index contributed by atoms with van der Waals surface area (Å²) >= 11 is 0. The van der Waals surface area contributed by atoms with E-state index >= 15 is 0 Å². The molecule has 1 saturated heterocycles. The predicted molar refractivity (Wildman–Crippen MR) is 129 cm³/mol. The van der Waals surface area contributed by atoms with Crippen LogP contribution in [0.5, 0.6) is 5.75 Å². The van der Waals surface area contributed by atoms with Crippen LogP contribution in [-0.2, 0) is 16.2 Å². The van der Waals surface area contributed by atoms with Gasteiger partial charge in [-0.2, -0.15) is 0 Å². The van der Waals surface area contributed by atoms with Crippen LogP contribution in [0, 0.1) is 24.0 Å². The van der Waals surface area contributed by atoms with E-state index in [0.29, 0.717) is 22.6 Å². The lowest BCUT2D eigenvalue weighted by atomic mass is 10.0. The number of non-ortho nitro benzene ring substituents is 1. The topological polar surface area (TPSA) is 119 Å². The van der Waals surface area contributed by atoms with Crippen LogP contribution in [0.1, 0.15) is 22.3 Å². The van der Waals surface area contributed by atoms with Crippen molar-refractivity contribution in [3.8, 4) is 5.75 Å². The van der Waals surface area contributed by atoms with E-state index in [0.717, 1.165) is 16.0 Å². The van der Waals surface area contributed by atoms with Crippen LogP contribution in [0.15, 0.2) is 72.3 Å². The van der Waals surface area contributed by atoms with Crippen molar-refractivity contribution in [2.45, 2.75) is 20.5 Å². The Bertz CT molecular complexity index is 1380. The molecular weight excluding hydrogens is 450 g/mol. The van der Waals surface area contributed by atoms with Crippen LogP contribution >= 0.6 is 0 Å². The molecule has 4 rings (SSSR count). The molecule has 0 radical (unpaired) electrons. The maximum Gasteiger partial charge on any atom is 0.335 e. The van der Waals surface area contributed by atoms with Crippen molar-refractivity contribution in [2.24, 2.45) is 0 Å². The molecule has 0 saturated carbocycles. The average Bonchev–Trinajstić information content (AvgIpc) is 2.83. The standard InChI is InChI=1S/C26H21N3O6/c1-16-6-5-8-22(17(16)2)28-25(31)21(24(30)27-26(28)32)14-19-7-3-4-9-23(19)35-15-18-10-12-20(13-11-18)29(33)34/h3-14H,15H2,1-2H3,(H,27,30,32). The fourth-order valence-electron chi connectivity index (χ4n) is 3.62. The van der Waals surface area contributed by atoms with Crippen molar-refractivity contribution in [3.63, 3.8) is 0 Å². The van der Waals surface area contributed by atoms with Crippen molar-refractivity contribution in [2.75, 3.05) is 4.90 Å². The van der Waals surface area contributed by atoms with Crippen molar-refractivity contribution in [1.82, 2.24) is 5.32 Å². The van der Waals surface area contributed by atoms with Crippen LogP contribution in [0.25, 0.3) is 6.08 Å². The summed E-state index contributed by atoms with van der Waals surface area (Å²) < 4.78 is 5.87. The first kappa shape index (κ1) is 23.4. The highest BCUT2D eigenvalue weighted by Gasteiger charge is 2.37. The van der Waals surface area contributed by atoms with Crippen molar-refractivity contribution in [1.29, 1.82) is 0 Å². The molecule has 1 aliphatic heterocycles. The number of urea groups is 1. The number of para-hydroxylation sites is 1. The highest BCUT2D eigenvalue weighted by Crippen LogP contribution is 2.29. The second-order valence-electron chi connectivity index (χ2n) is 7.93. The minimum atomic E-state index is -0.812. The molecule has 0 spiro atoms. The van der Waals surface area contributed by atoms with Gasteiger partial charge in [-0.25, -0.2) is 9.69 Å². The zero-order valence-electron chi connectivity index (χ0n) is 19.0. The maximum absolute atomic E-state index is 13.3. The predicted octanol–water partition coefficient (Wildman–Crippen LogP) is 4.46. The van der Waals surface area contributed by atoms with Crippen LogP contribution < -0.4 is 15.0 Å². The number of carbonyl (C=O) groups excluding carboxylic acids is 3. The van der Waals surface area contributed by atoms with Gasteiger partial charge < -0.3 is 4.74 Å². The number of nitro benzene ring substituents is 1. The molecule has 3 aromatic carbocycles. The van der Waals surface area contributed by atoms with Crippen molar-refractivity contribution < 1.29 is 24.0 Å². The van der Waals surface area contributed by atoms with E-state index in [1.807, 2.05) is 13.0 Å². The SMILES string of the molecule is Cc1cccc(N2C(=O)NC(=O)C(=Cc3ccccc3OCc3ccc([N+](=O)[O-])cc3)C2=O)c1C. The number of rotatable bonds is 6. The summed E-state index contributed by atoms with van der Waals surface area (Å²) in [6.45, 7) is 3.78. The largest absolute Gasteiger partial charge is 0.488 e. The molecule has 0 bridgehead atoms. The number of carbonyl (C=O) groups is 3. The van der Waals surface area contributed by atoms with Gasteiger partial charge in [-0.3, -0.25) is 25.0 Å². The molecule has 0 aliphatic carbocycles. The molecule has 0 unspecified atom stereocenters. The van der Waals surface area contributed by atoms with Crippen molar-refractivity contribution in [3.05, 3.63) is 105 Å². The lowest BCUT2D eigenvalue weighted by molar-refractivity contribution is -0.384. The molecule has 35 heavy (non-hydrogen) atoms. The summed E-state index contributed by atoms with van der Waals surface area (Å²) in [4.78, 5) is 49.7. The molecule has 176 valence electrons. The van der Waals surface area contributed by atoms with Gasteiger partial charge in [0.1, 0.15) is 17.9 Å². The van der Waals surface area contributed by atoms with E-state index in [4.69, 9.17) is 4.74 Å². The minimum absolute atomic E-state index is 0.0244. The minimum Gasteiger partial charge on any atom is -0.488 e. The Morgan fingerprint density at radius 1 is 0.971 bits per heavy atom. The third-order valence-corrected chi connectivity index (χ3v) is 5.68. The van der Waals surface area contributed by atoms with Crippen LogP contribution in [0.3, 0.4) is 0 Å². The molecular formula is C26H21N3O6. The van der Waals surface area contributed by atoms with E-state index < -0.39 is 22.8 Å². The van der Waals surface area contributed by atoms with E-state index in [9.17, 15) is 24.5 Å². The van der Waals surface area contributed by atoms with Crippen molar-refractivity contribution >= 4 is 35.3 Å². The number of hydrogen-bond donors (Lipinski definition) is 1. The molecule has 0 aromatic heterocycles. The Morgan fingerprint density at radius 2 is 1.69 bits per heavy atom. The third kappa shape index (κ3) is 4.79. The summed E-state index contributed by atoms with van der Waals surface area (Å²) in [5.74, 6) is -1.14. The van der Waals surface area contributed by atoms with Gasteiger partial charge in [-0.1, -0.05) is 30.3 Å². The van der Waals surface area contributed by atoms with Crippen LogP contribution in [0.4, 0.5) is 16.2 Å². The summed E-state index contributed by atoms with van der Waals surface area (Å²) in [6, 6.07) is 17.2. The Labute approximate surface area is 200 Å². The number of ether oxygens (including phenoxy) is 1. The molecule has 3 aromatic rings. The smallest absolute Gasteiger partial charge is 0.335 e. The number of barbiturate groups is 1. The number of amides is 4. The Hall–Kier alpha value is -4.79. The van der Waals surface area contributed by atoms with Gasteiger partial charge in [0, 0.05) is 17.7 Å². The second kappa shape index (κ2) is 9.60. The number of nitrogens with zero attached hydrogens (tertiary/aromatic N) is 2. The first-order chi connectivity index (χ1) is 16.8. The first-order valence-electron chi connectivity index (χ1n) is 10.7. The zero-order chi connectivity index (χ0) is 25.1. The van der Waals surface area contributed by atoms with E-state index in [2.05, 4.69) is 5.32 Å². The van der Waals surface area contributed by atoms with Crippen LogP contribution in [0.2, 0.25) is 0 Å². The average molecular weight is 471 g/mol. The first-order valence-corrected chi connectivity index (χ1v) is 10.7. The normalized spacial score (nSPS) is 14.7. The quantitative estimate of drug-likeness (QED) is 0.245. The van der Waals surface area contributed by atoms with Gasteiger partial charge >= 0.3 is 6.03 Å². The van der Waals surface area contributed by atoms with E-state index in [1.165, 1.54) is 18.2 Å². The molecule has 1 heterocycles. The highest BCUT2D eigenvalue weighted by atomic mass is 16.6. The molecule has 0 atom stereocenters. The number of hydrogen-bond acceptors (Lipinski definition) is 6. The number of anilines is 1. The molecule has 1 aliphatic rings. The third-order valence-electron chi connectivity index (χ3n) is 5.68. The van der Waals surface area contributed by atoms with Gasteiger partial charge in [-0.05, 0) is 60.9 Å². The summed E-state index contributed by atoms with van der Waals surface area (Å²) in [5.41, 5.74) is 2.97. The summed E-state index contributed by atoms with van der Waals surface area (Å²) in [6.07, 6.45) is 1.38. The fraction of sp³-hybridized carbons (Fsp3) is 0.115. The molecule has 1 fully saturated rings. The molecule has 1 N–H and O–H groups in total. The number of imide groups is 2. The fourth-order valence-corrected chi connectivity index (χ4v) is 3.62. The second-order valence-corrected chi connectivity index (χ2v) is 7.93. The number of aryl methyl sites for hydroxylation is 1. The molecule has 9 nitrogen and oxygen atoms in total. The van der Waals surface area contributed by atoms with Gasteiger partial charge in [-0.15, -0.1) is 0 Å². The van der Waals surface area contributed by atoms with Crippen LogP contribution in [-0.4, -0.2) is 22.8 Å². The lowest BCUT2D eigenvalue weighted by Gasteiger charge is -2.28. The number of benzene rings is 3. The Balaban J connectivity index is 1.62. The Morgan fingerprint density at radius 3 is 2.40 bits per heavy atom. The van der Waals surface area contributed by atoms with Gasteiger partial charge in [0.25, 0.3) is 17.5 Å².